The minimum absolute atomic E-state index is 0.0283. The van der Waals surface area contributed by atoms with Crippen molar-refractivity contribution in [3.63, 3.8) is 0 Å². The van der Waals surface area contributed by atoms with Gasteiger partial charge >= 0.3 is 5.97 Å². The Labute approximate surface area is 159 Å². The van der Waals surface area contributed by atoms with Crippen LogP contribution in [0.4, 0.5) is 0 Å². The average Bonchev–Trinajstić information content (AvgIpc) is 3.27. The summed E-state index contributed by atoms with van der Waals surface area (Å²) in [6.45, 7) is 1.86. The Bertz CT molecular complexity index is 914. The fourth-order valence-electron chi connectivity index (χ4n) is 2.26. The number of oxazole rings is 1. The number of hydrogen-bond acceptors (Lipinski definition) is 6. The molecule has 5 nitrogen and oxygen atoms in total. The molecular weight excluding hydrogens is 374 g/mol. The van der Waals surface area contributed by atoms with Crippen molar-refractivity contribution in [2.75, 3.05) is 0 Å². The second kappa shape index (κ2) is 8.29. The van der Waals surface area contributed by atoms with Crippen LogP contribution in [0.1, 0.15) is 33.3 Å². The normalized spacial score (nSPS) is 10.7. The zero-order chi connectivity index (χ0) is 18.5. The topological polar surface area (TPSA) is 69.4 Å². The van der Waals surface area contributed by atoms with Gasteiger partial charge in [0.25, 0.3) is 0 Å². The van der Waals surface area contributed by atoms with E-state index in [1.54, 1.807) is 24.4 Å². The molecule has 0 saturated carbocycles. The highest BCUT2D eigenvalue weighted by molar-refractivity contribution is 7.14. The van der Waals surface area contributed by atoms with E-state index >= 15 is 0 Å². The number of aromatic nitrogens is 1. The van der Waals surface area contributed by atoms with Crippen molar-refractivity contribution in [1.29, 1.82) is 0 Å². The number of hydrogen-bond donors (Lipinski definition) is 0. The van der Waals surface area contributed by atoms with Crippen molar-refractivity contribution >= 4 is 34.7 Å². The average molecular weight is 390 g/mol. The molecule has 26 heavy (non-hydrogen) atoms. The first-order chi connectivity index (χ1) is 12.5. The Balaban J connectivity index is 1.47. The predicted molar refractivity (Wildman–Crippen MR) is 99.4 cm³/mol. The van der Waals surface area contributed by atoms with Gasteiger partial charge in [0.1, 0.15) is 0 Å². The number of ketones is 1. The van der Waals surface area contributed by atoms with E-state index in [4.69, 9.17) is 20.8 Å². The summed E-state index contributed by atoms with van der Waals surface area (Å²) >= 11 is 7.28. The van der Waals surface area contributed by atoms with Gasteiger partial charge < -0.3 is 9.15 Å². The highest BCUT2D eigenvalue weighted by atomic mass is 35.5. The van der Waals surface area contributed by atoms with Gasteiger partial charge in [-0.15, -0.1) is 11.3 Å². The third kappa shape index (κ3) is 4.80. The first kappa shape index (κ1) is 18.4. The second-order valence-corrected chi connectivity index (χ2v) is 7.34. The summed E-state index contributed by atoms with van der Waals surface area (Å²) in [5.41, 5.74) is 0.830. The highest BCUT2D eigenvalue weighted by Crippen LogP contribution is 2.22. The van der Waals surface area contributed by atoms with Crippen LogP contribution in [0, 0.1) is 6.92 Å². The molecule has 0 bridgehead atoms. The molecule has 0 unspecified atom stereocenters. The summed E-state index contributed by atoms with van der Waals surface area (Å²) in [6.07, 6.45) is 1.72. The Morgan fingerprint density at radius 3 is 2.62 bits per heavy atom. The van der Waals surface area contributed by atoms with Gasteiger partial charge in [-0.2, -0.15) is 0 Å². The van der Waals surface area contributed by atoms with Crippen LogP contribution in [0.5, 0.6) is 0 Å². The second-order valence-electron chi connectivity index (χ2n) is 5.62. The van der Waals surface area contributed by atoms with Crippen molar-refractivity contribution < 1.29 is 18.7 Å². The summed E-state index contributed by atoms with van der Waals surface area (Å²) in [6, 6.07) is 10.8. The van der Waals surface area contributed by atoms with Crippen molar-refractivity contribution in [2.45, 2.75) is 26.4 Å². The number of benzene rings is 1. The smallest absolute Gasteiger partial charge is 0.306 e. The maximum absolute atomic E-state index is 12.0. The SMILES string of the molecule is Cc1ccc(C(=O)CCC(=O)OCc2ncc(-c3ccc(Cl)cc3)o2)s1. The molecule has 0 radical (unpaired) electrons. The predicted octanol–water partition coefficient (Wildman–Crippen LogP) is 5.07. The molecule has 0 N–H and O–H groups in total. The maximum Gasteiger partial charge on any atom is 0.306 e. The Kier molecular flexibility index (Phi) is 5.85. The van der Waals surface area contributed by atoms with Crippen LogP contribution in [0.2, 0.25) is 5.02 Å². The lowest BCUT2D eigenvalue weighted by molar-refractivity contribution is -0.145. The molecule has 0 fully saturated rings. The lowest BCUT2D eigenvalue weighted by Crippen LogP contribution is -2.07. The van der Waals surface area contributed by atoms with Gasteiger partial charge in [-0.05, 0) is 43.3 Å². The van der Waals surface area contributed by atoms with Crippen LogP contribution in [0.15, 0.2) is 47.0 Å². The first-order valence-corrected chi connectivity index (χ1v) is 9.16. The number of Topliss-reactive ketones (excluding diaryl/α,β-unsaturated/α-hetero) is 1. The van der Waals surface area contributed by atoms with E-state index in [0.29, 0.717) is 21.6 Å². The van der Waals surface area contributed by atoms with E-state index in [1.807, 2.05) is 25.1 Å². The van der Waals surface area contributed by atoms with Crippen LogP contribution < -0.4 is 0 Å². The third-order valence-electron chi connectivity index (χ3n) is 3.61. The molecule has 2 heterocycles. The minimum atomic E-state index is -0.460. The Morgan fingerprint density at radius 1 is 1.15 bits per heavy atom. The number of thiophene rings is 1. The van der Waals surface area contributed by atoms with Crippen molar-refractivity contribution in [1.82, 2.24) is 4.98 Å². The fourth-order valence-corrected chi connectivity index (χ4v) is 3.22. The number of aryl methyl sites for hydroxylation is 1. The van der Waals surface area contributed by atoms with Gasteiger partial charge in [0, 0.05) is 21.9 Å². The quantitative estimate of drug-likeness (QED) is 0.416. The van der Waals surface area contributed by atoms with Crippen molar-refractivity contribution in [3.05, 3.63) is 63.3 Å². The Hall–Kier alpha value is -2.44. The molecule has 3 aromatic rings. The van der Waals surface area contributed by atoms with Gasteiger partial charge in [0.05, 0.1) is 17.5 Å². The zero-order valence-electron chi connectivity index (χ0n) is 14.0. The number of halogens is 1. The van der Waals surface area contributed by atoms with Gasteiger partial charge in [0.2, 0.25) is 5.89 Å². The summed E-state index contributed by atoms with van der Waals surface area (Å²) in [7, 11) is 0. The molecule has 0 spiro atoms. The van der Waals surface area contributed by atoms with Crippen LogP contribution in [0.3, 0.4) is 0 Å². The van der Waals surface area contributed by atoms with Crippen LogP contribution in [-0.2, 0) is 16.1 Å². The number of nitrogens with zero attached hydrogens (tertiary/aromatic N) is 1. The standard InChI is InChI=1S/C19H16ClNO4S/c1-12-2-8-17(26-12)15(22)7-9-19(23)24-11-18-21-10-16(25-18)13-3-5-14(20)6-4-13/h2-6,8,10H,7,9,11H2,1H3. The van der Waals surface area contributed by atoms with E-state index in [2.05, 4.69) is 4.98 Å². The summed E-state index contributed by atoms with van der Waals surface area (Å²) < 4.78 is 10.7. The number of rotatable bonds is 7. The molecule has 0 amide bonds. The van der Waals surface area contributed by atoms with Crippen molar-refractivity contribution in [3.8, 4) is 11.3 Å². The molecule has 0 atom stereocenters. The van der Waals surface area contributed by atoms with Crippen LogP contribution in [0.25, 0.3) is 11.3 Å². The molecular formula is C19H16ClNO4S. The first-order valence-electron chi connectivity index (χ1n) is 7.97. The van der Waals surface area contributed by atoms with Gasteiger partial charge in [-0.3, -0.25) is 9.59 Å². The molecule has 1 aromatic carbocycles. The molecule has 0 aliphatic heterocycles. The molecule has 2 aromatic heterocycles. The van der Waals surface area contributed by atoms with E-state index in [-0.39, 0.29) is 25.2 Å². The van der Waals surface area contributed by atoms with Crippen LogP contribution >= 0.6 is 22.9 Å². The van der Waals surface area contributed by atoms with E-state index < -0.39 is 5.97 Å². The van der Waals surface area contributed by atoms with E-state index in [9.17, 15) is 9.59 Å². The number of carbonyl (C=O) groups excluding carboxylic acids is 2. The molecule has 134 valence electrons. The molecule has 0 aliphatic rings. The van der Waals surface area contributed by atoms with Gasteiger partial charge in [-0.1, -0.05) is 11.6 Å². The van der Waals surface area contributed by atoms with E-state index in [0.717, 1.165) is 10.4 Å². The molecule has 7 heteroatoms. The lowest BCUT2D eigenvalue weighted by atomic mass is 10.2. The summed E-state index contributed by atoms with van der Waals surface area (Å²) in [4.78, 5) is 29.6. The number of carbonyl (C=O) groups is 2. The van der Waals surface area contributed by atoms with E-state index in [1.165, 1.54) is 11.3 Å². The highest BCUT2D eigenvalue weighted by Gasteiger charge is 2.13. The molecule has 3 rings (SSSR count). The third-order valence-corrected chi connectivity index (χ3v) is 4.90. The largest absolute Gasteiger partial charge is 0.456 e. The zero-order valence-corrected chi connectivity index (χ0v) is 15.6. The maximum atomic E-state index is 12.0. The molecule has 0 saturated heterocycles. The monoisotopic (exact) mass is 389 g/mol. The van der Waals surface area contributed by atoms with Crippen molar-refractivity contribution in [2.24, 2.45) is 0 Å². The summed E-state index contributed by atoms with van der Waals surface area (Å²) in [5, 5.41) is 0.634. The minimum Gasteiger partial charge on any atom is -0.456 e. The number of ether oxygens (including phenoxy) is 1. The van der Waals surface area contributed by atoms with Crippen LogP contribution in [-0.4, -0.2) is 16.7 Å². The summed E-state index contributed by atoms with van der Waals surface area (Å²) in [5.74, 6) is 0.346. The Morgan fingerprint density at radius 2 is 1.92 bits per heavy atom. The molecule has 0 aliphatic carbocycles. The van der Waals surface area contributed by atoms with Gasteiger partial charge in [-0.25, -0.2) is 4.98 Å². The lowest BCUT2D eigenvalue weighted by Gasteiger charge is -2.02. The fraction of sp³-hybridized carbons (Fsp3) is 0.211. The number of esters is 1. The van der Waals surface area contributed by atoms with Gasteiger partial charge in [0.15, 0.2) is 18.2 Å².